The number of hydrogen-bond donors (Lipinski definition) is 3. The van der Waals surface area contributed by atoms with E-state index in [9.17, 15) is 15.0 Å². The molecule has 5 rings (SSSR count). The molecule has 0 aliphatic rings. The lowest BCUT2D eigenvalue weighted by Gasteiger charge is -2.19. The first kappa shape index (κ1) is 25.9. The zero-order valence-corrected chi connectivity index (χ0v) is 22.1. The summed E-state index contributed by atoms with van der Waals surface area (Å²) in [5.74, 6) is 1.18. The molecular weight excluding hydrogens is 520 g/mol. The smallest absolute Gasteiger partial charge is 0.412 e. The molecule has 0 radical (unpaired) electrons. The van der Waals surface area contributed by atoms with Crippen LogP contribution in [-0.4, -0.2) is 36.4 Å². The lowest BCUT2D eigenvalue weighted by Crippen LogP contribution is -2.27. The van der Waals surface area contributed by atoms with Crippen molar-refractivity contribution in [2.45, 2.75) is 26.4 Å². The van der Waals surface area contributed by atoms with Crippen LogP contribution in [-0.2, 0) is 4.74 Å². The topological polar surface area (TPSA) is 119 Å². The van der Waals surface area contributed by atoms with Crippen molar-refractivity contribution >= 4 is 34.5 Å². The van der Waals surface area contributed by atoms with Gasteiger partial charge in [-0.05, 0) is 87.5 Å². The number of rotatable bonds is 5. The average molecular weight is 545 g/mol. The largest absolute Gasteiger partial charge is 0.507 e. The molecule has 10 heteroatoms. The van der Waals surface area contributed by atoms with E-state index in [0.29, 0.717) is 39.7 Å². The Morgan fingerprint density at radius 1 is 0.949 bits per heavy atom. The summed E-state index contributed by atoms with van der Waals surface area (Å²) in [4.78, 5) is 21.1. The zero-order chi connectivity index (χ0) is 27.7. The molecule has 1 amide bonds. The summed E-state index contributed by atoms with van der Waals surface area (Å²) in [6.45, 7) is 5.40. The number of imidazole rings is 1. The maximum atomic E-state index is 12.0. The van der Waals surface area contributed by atoms with Crippen molar-refractivity contribution in [1.82, 2.24) is 14.5 Å². The van der Waals surface area contributed by atoms with Gasteiger partial charge in [0.25, 0.3) is 0 Å². The molecule has 5 aromatic rings. The summed E-state index contributed by atoms with van der Waals surface area (Å²) >= 11 is 6.13. The van der Waals surface area contributed by atoms with Crippen LogP contribution in [0.4, 0.5) is 10.5 Å². The van der Waals surface area contributed by atoms with E-state index >= 15 is 0 Å². The molecule has 0 aliphatic heterocycles. The highest BCUT2D eigenvalue weighted by Crippen LogP contribution is 2.39. The van der Waals surface area contributed by atoms with Crippen LogP contribution in [0.15, 0.2) is 79.0 Å². The number of fused-ring (bicyclic) bond motifs is 1. The Balaban J connectivity index is 1.40. The van der Waals surface area contributed by atoms with E-state index < -0.39 is 11.7 Å². The summed E-state index contributed by atoms with van der Waals surface area (Å²) in [6.07, 6.45) is 1.13. The van der Waals surface area contributed by atoms with Gasteiger partial charge in [-0.3, -0.25) is 9.88 Å². The molecule has 3 N–H and O–H groups in total. The fraction of sp³-hybridized carbons (Fsp3) is 0.138. The molecule has 2 aromatic heterocycles. The van der Waals surface area contributed by atoms with Crippen LogP contribution in [0.3, 0.4) is 0 Å². The van der Waals surface area contributed by atoms with Crippen molar-refractivity contribution in [1.29, 1.82) is 0 Å². The fourth-order valence-corrected chi connectivity index (χ4v) is 4.06. The third-order valence-electron chi connectivity index (χ3n) is 5.55. The van der Waals surface area contributed by atoms with Crippen molar-refractivity contribution in [2.24, 2.45) is 0 Å². The predicted molar refractivity (Wildman–Crippen MR) is 149 cm³/mol. The van der Waals surface area contributed by atoms with Gasteiger partial charge in [-0.25, -0.2) is 14.8 Å². The van der Waals surface area contributed by atoms with Gasteiger partial charge in [-0.2, -0.15) is 0 Å². The van der Waals surface area contributed by atoms with Gasteiger partial charge < -0.3 is 19.7 Å². The molecule has 39 heavy (non-hydrogen) atoms. The molecule has 0 saturated carbocycles. The number of nitrogens with one attached hydrogen (secondary N) is 1. The van der Waals surface area contributed by atoms with E-state index in [1.54, 1.807) is 74.0 Å². The number of carbonyl (C=O) groups excluding carboxylic acids is 1. The van der Waals surface area contributed by atoms with Crippen LogP contribution in [0.2, 0.25) is 5.02 Å². The molecule has 0 spiro atoms. The number of aromatic hydroxyl groups is 2. The van der Waals surface area contributed by atoms with Gasteiger partial charge in [0.15, 0.2) is 11.5 Å². The molecule has 0 saturated heterocycles. The standard InChI is InChI=1S/C29H25ClN4O5/c1-29(2,3)39-28(37)32-17-6-10-19(11-7-17)38-20-12-8-18(9-13-20)34-26(33-23-5-4-14-31-27(23)34)21-15-22(30)25(36)16-24(21)35/h4-16,35-36H,1-3H3,(H,32,37). The van der Waals surface area contributed by atoms with Crippen LogP contribution in [0.25, 0.3) is 28.2 Å². The van der Waals surface area contributed by atoms with Gasteiger partial charge in [0.2, 0.25) is 0 Å². The summed E-state index contributed by atoms with van der Waals surface area (Å²) < 4.78 is 13.0. The maximum absolute atomic E-state index is 12.0. The number of phenols is 2. The lowest BCUT2D eigenvalue weighted by atomic mass is 10.1. The normalized spacial score (nSPS) is 11.4. The van der Waals surface area contributed by atoms with E-state index in [1.165, 1.54) is 12.1 Å². The van der Waals surface area contributed by atoms with Crippen molar-refractivity contribution in [3.63, 3.8) is 0 Å². The molecule has 0 aliphatic carbocycles. The third kappa shape index (κ3) is 5.73. The third-order valence-corrected chi connectivity index (χ3v) is 5.86. The van der Waals surface area contributed by atoms with Gasteiger partial charge >= 0.3 is 6.09 Å². The molecule has 3 aromatic carbocycles. The van der Waals surface area contributed by atoms with E-state index in [-0.39, 0.29) is 16.5 Å². The number of aromatic nitrogens is 3. The number of phenolic OH excluding ortho intramolecular Hbond substituents is 2. The quantitative estimate of drug-likeness (QED) is 0.212. The Bertz CT molecular complexity index is 1660. The molecule has 0 bridgehead atoms. The summed E-state index contributed by atoms with van der Waals surface area (Å²) in [6, 6.07) is 20.4. The number of carbonyl (C=O) groups is 1. The SMILES string of the molecule is CC(C)(C)OC(=O)Nc1ccc(Oc2ccc(-n3c(-c4cc(Cl)c(O)cc4O)nc4cccnc43)cc2)cc1. The predicted octanol–water partition coefficient (Wildman–Crippen LogP) is 7.29. The lowest BCUT2D eigenvalue weighted by molar-refractivity contribution is 0.0636. The van der Waals surface area contributed by atoms with Crippen molar-refractivity contribution in [3.8, 4) is 40.1 Å². The molecular formula is C29H25ClN4O5. The first-order valence-electron chi connectivity index (χ1n) is 12.0. The van der Waals surface area contributed by atoms with Gasteiger partial charge in [0, 0.05) is 23.6 Å². The monoisotopic (exact) mass is 544 g/mol. The van der Waals surface area contributed by atoms with Gasteiger partial charge in [-0.1, -0.05) is 11.6 Å². The average Bonchev–Trinajstić information content (AvgIpc) is 3.26. The number of hydrogen-bond acceptors (Lipinski definition) is 7. The number of anilines is 1. The summed E-state index contributed by atoms with van der Waals surface area (Å²) in [5.41, 5.74) is 2.26. The number of pyridine rings is 1. The van der Waals surface area contributed by atoms with Crippen LogP contribution < -0.4 is 10.1 Å². The van der Waals surface area contributed by atoms with Crippen molar-refractivity contribution < 1.29 is 24.5 Å². The number of halogens is 1. The highest BCUT2D eigenvalue weighted by atomic mass is 35.5. The Morgan fingerprint density at radius 2 is 1.62 bits per heavy atom. The first-order chi connectivity index (χ1) is 18.6. The minimum atomic E-state index is -0.587. The van der Waals surface area contributed by atoms with Gasteiger partial charge in [-0.15, -0.1) is 0 Å². The highest BCUT2D eigenvalue weighted by Gasteiger charge is 2.20. The Labute approximate surface area is 229 Å². The van der Waals surface area contributed by atoms with Crippen LogP contribution in [0.1, 0.15) is 20.8 Å². The molecule has 0 fully saturated rings. The summed E-state index contributed by atoms with van der Waals surface area (Å²) in [5, 5.41) is 23.2. The second kappa shape index (κ2) is 10.2. The Kier molecular flexibility index (Phi) is 6.76. The second-order valence-corrected chi connectivity index (χ2v) is 10.1. The van der Waals surface area contributed by atoms with Gasteiger partial charge in [0.05, 0.1) is 10.6 Å². The molecule has 9 nitrogen and oxygen atoms in total. The maximum Gasteiger partial charge on any atom is 0.412 e. The second-order valence-electron chi connectivity index (χ2n) is 9.68. The first-order valence-corrected chi connectivity index (χ1v) is 12.4. The van der Waals surface area contributed by atoms with Crippen molar-refractivity contribution in [3.05, 3.63) is 84.0 Å². The Hall–Kier alpha value is -4.76. The molecule has 0 unspecified atom stereocenters. The van der Waals surface area contributed by atoms with Crippen molar-refractivity contribution in [2.75, 3.05) is 5.32 Å². The molecule has 0 atom stereocenters. The van der Waals surface area contributed by atoms with E-state index in [2.05, 4.69) is 15.3 Å². The number of nitrogens with zero attached hydrogens (tertiary/aromatic N) is 3. The van der Waals surface area contributed by atoms with Crippen LogP contribution in [0, 0.1) is 0 Å². The minimum Gasteiger partial charge on any atom is -0.507 e. The van der Waals surface area contributed by atoms with E-state index in [1.807, 2.05) is 18.2 Å². The van der Waals surface area contributed by atoms with Gasteiger partial charge in [0.1, 0.15) is 34.1 Å². The van der Waals surface area contributed by atoms with E-state index in [0.717, 1.165) is 5.69 Å². The zero-order valence-electron chi connectivity index (χ0n) is 21.3. The number of amides is 1. The number of benzene rings is 3. The molecule has 198 valence electrons. The van der Waals surface area contributed by atoms with E-state index in [4.69, 9.17) is 21.1 Å². The van der Waals surface area contributed by atoms with Crippen LogP contribution >= 0.6 is 11.6 Å². The minimum absolute atomic E-state index is 0.0884. The fourth-order valence-electron chi connectivity index (χ4n) is 3.89. The number of ether oxygens (including phenoxy) is 2. The highest BCUT2D eigenvalue weighted by molar-refractivity contribution is 6.32. The molecule has 2 heterocycles. The Morgan fingerprint density at radius 3 is 2.28 bits per heavy atom. The van der Waals surface area contributed by atoms with Crippen LogP contribution in [0.5, 0.6) is 23.0 Å². The summed E-state index contributed by atoms with van der Waals surface area (Å²) in [7, 11) is 0.